The minimum absolute atomic E-state index is 0.126. The molecule has 0 aliphatic heterocycles. The fraction of sp³-hybridized carbons (Fsp3) is 0.630. The minimum atomic E-state index is -4.82. The lowest BCUT2D eigenvalue weighted by Gasteiger charge is -2.35. The molecule has 4 rings (SSSR count). The number of aliphatic carboxylic acids is 1. The van der Waals surface area contributed by atoms with Gasteiger partial charge in [-0.3, -0.25) is 19.3 Å². The molecule has 2 aromatic heterocycles. The topological polar surface area (TPSA) is 88.3 Å². The van der Waals surface area contributed by atoms with E-state index in [1.165, 1.54) is 17.3 Å². The molecule has 0 saturated heterocycles. The second-order valence-corrected chi connectivity index (χ2v) is 12.3. The summed E-state index contributed by atoms with van der Waals surface area (Å²) in [5, 5.41) is 14.2. The number of carbonyl (C=O) groups is 2. The van der Waals surface area contributed by atoms with Crippen molar-refractivity contribution in [3.8, 4) is 0 Å². The van der Waals surface area contributed by atoms with Gasteiger partial charge in [0.1, 0.15) is 0 Å². The Morgan fingerprint density at radius 2 is 1.67 bits per heavy atom. The summed E-state index contributed by atoms with van der Waals surface area (Å²) < 4.78 is 44.3. The fourth-order valence-corrected chi connectivity index (χ4v) is 6.52. The Balaban J connectivity index is 1.65. The van der Waals surface area contributed by atoms with Gasteiger partial charge in [-0.25, -0.2) is 0 Å². The summed E-state index contributed by atoms with van der Waals surface area (Å²) in [5.74, 6) is -1.70. The van der Waals surface area contributed by atoms with Gasteiger partial charge in [0.2, 0.25) is 0 Å². The van der Waals surface area contributed by atoms with Crippen LogP contribution < -0.4 is 0 Å². The van der Waals surface area contributed by atoms with Crippen LogP contribution >= 0.6 is 23.2 Å². The molecule has 0 unspecified atom stereocenters. The predicted octanol–water partition coefficient (Wildman–Crippen LogP) is 7.07. The van der Waals surface area contributed by atoms with Crippen molar-refractivity contribution >= 4 is 35.1 Å². The number of carbonyl (C=O) groups excluding carboxylic acids is 1. The third-order valence-electron chi connectivity index (χ3n) is 8.47. The van der Waals surface area contributed by atoms with Crippen molar-refractivity contribution in [1.82, 2.24) is 19.7 Å². The second kappa shape index (κ2) is 11.3. The van der Waals surface area contributed by atoms with Gasteiger partial charge in [0.15, 0.2) is 5.69 Å². The second-order valence-electron chi connectivity index (χ2n) is 11.5. The van der Waals surface area contributed by atoms with Gasteiger partial charge in [0.25, 0.3) is 5.91 Å². The van der Waals surface area contributed by atoms with Gasteiger partial charge in [0.05, 0.1) is 33.3 Å². The maximum atomic E-state index is 14.5. The first kappa shape index (κ1) is 29.6. The van der Waals surface area contributed by atoms with Crippen LogP contribution in [-0.2, 0) is 17.4 Å². The Hall–Kier alpha value is -2.33. The molecule has 2 fully saturated rings. The first-order chi connectivity index (χ1) is 18.2. The molecule has 2 saturated carbocycles. The van der Waals surface area contributed by atoms with Gasteiger partial charge in [-0.05, 0) is 62.8 Å². The molecule has 2 aliphatic rings. The van der Waals surface area contributed by atoms with Crippen LogP contribution in [0.3, 0.4) is 0 Å². The quantitative estimate of drug-likeness (QED) is 0.356. The summed E-state index contributed by atoms with van der Waals surface area (Å²) in [6.07, 6.45) is 3.99. The Morgan fingerprint density at radius 1 is 1.08 bits per heavy atom. The molecular weight excluding hydrogens is 556 g/mol. The molecule has 0 bridgehead atoms. The number of pyridine rings is 1. The van der Waals surface area contributed by atoms with E-state index in [0.717, 1.165) is 36.6 Å². The third-order valence-corrected chi connectivity index (χ3v) is 9.12. The first-order valence-corrected chi connectivity index (χ1v) is 13.9. The molecule has 0 aromatic carbocycles. The molecule has 1 N–H and O–H groups in total. The molecule has 2 aliphatic carbocycles. The smallest absolute Gasteiger partial charge is 0.433 e. The molecule has 0 atom stereocenters. The number of amides is 1. The van der Waals surface area contributed by atoms with E-state index in [1.54, 1.807) is 6.92 Å². The molecule has 39 heavy (non-hydrogen) atoms. The van der Waals surface area contributed by atoms with Crippen molar-refractivity contribution in [2.75, 3.05) is 13.1 Å². The zero-order chi connectivity index (χ0) is 28.6. The summed E-state index contributed by atoms with van der Waals surface area (Å²) in [6, 6.07) is -0.647. The number of carboxylic acids is 1. The third kappa shape index (κ3) is 6.37. The fourth-order valence-electron chi connectivity index (χ4n) is 5.97. The maximum Gasteiger partial charge on any atom is 0.433 e. The van der Waals surface area contributed by atoms with E-state index >= 15 is 0 Å². The molecule has 214 valence electrons. The first-order valence-electron chi connectivity index (χ1n) is 13.2. The van der Waals surface area contributed by atoms with E-state index in [0.29, 0.717) is 22.2 Å². The SMILES string of the molecule is CC1(CN(CCc2c(Cl)cncc2Cl)C(=O)c2cnn(C3CCC(C)(C(=O)O)CC3)c2C(F)(F)F)CCCC1. The van der Waals surface area contributed by atoms with Gasteiger partial charge in [-0.15, -0.1) is 0 Å². The van der Waals surface area contributed by atoms with E-state index in [-0.39, 0.29) is 44.1 Å². The van der Waals surface area contributed by atoms with Crippen molar-refractivity contribution in [2.24, 2.45) is 10.8 Å². The normalized spacial score (nSPS) is 23.1. The number of hydrogen-bond donors (Lipinski definition) is 1. The Morgan fingerprint density at radius 3 is 2.21 bits per heavy atom. The Bertz CT molecular complexity index is 1200. The summed E-state index contributed by atoms with van der Waals surface area (Å²) in [7, 11) is 0. The lowest BCUT2D eigenvalue weighted by molar-refractivity contribution is -0.152. The highest BCUT2D eigenvalue weighted by molar-refractivity contribution is 6.35. The molecule has 0 spiro atoms. The molecule has 2 heterocycles. The van der Waals surface area contributed by atoms with Crippen molar-refractivity contribution in [3.05, 3.63) is 45.5 Å². The van der Waals surface area contributed by atoms with Crippen LogP contribution in [0.1, 0.15) is 92.9 Å². The molecule has 7 nitrogen and oxygen atoms in total. The van der Waals surface area contributed by atoms with Gasteiger partial charge in [-0.2, -0.15) is 18.3 Å². The van der Waals surface area contributed by atoms with Crippen LogP contribution in [0.25, 0.3) is 0 Å². The van der Waals surface area contributed by atoms with Crippen molar-refractivity contribution < 1.29 is 27.9 Å². The highest BCUT2D eigenvalue weighted by atomic mass is 35.5. The van der Waals surface area contributed by atoms with E-state index in [2.05, 4.69) is 17.0 Å². The van der Waals surface area contributed by atoms with Gasteiger partial charge < -0.3 is 10.0 Å². The van der Waals surface area contributed by atoms with Crippen molar-refractivity contribution in [1.29, 1.82) is 0 Å². The molecular formula is C27H33Cl2F3N4O3. The minimum Gasteiger partial charge on any atom is -0.481 e. The monoisotopic (exact) mass is 588 g/mol. The van der Waals surface area contributed by atoms with Crippen LogP contribution in [0.4, 0.5) is 13.2 Å². The largest absolute Gasteiger partial charge is 0.481 e. The van der Waals surface area contributed by atoms with Crippen LogP contribution in [0.5, 0.6) is 0 Å². The van der Waals surface area contributed by atoms with Crippen LogP contribution in [0.15, 0.2) is 18.6 Å². The van der Waals surface area contributed by atoms with E-state index in [4.69, 9.17) is 23.2 Å². The number of hydrogen-bond acceptors (Lipinski definition) is 4. The zero-order valence-electron chi connectivity index (χ0n) is 22.0. The lowest BCUT2D eigenvalue weighted by atomic mass is 9.74. The van der Waals surface area contributed by atoms with Crippen LogP contribution in [-0.4, -0.2) is 49.7 Å². The number of nitrogens with zero attached hydrogens (tertiary/aromatic N) is 4. The van der Waals surface area contributed by atoms with E-state index < -0.39 is 40.8 Å². The van der Waals surface area contributed by atoms with E-state index in [9.17, 15) is 27.9 Å². The number of halogens is 5. The zero-order valence-corrected chi connectivity index (χ0v) is 23.5. The molecule has 1 amide bonds. The summed E-state index contributed by atoms with van der Waals surface area (Å²) >= 11 is 12.5. The highest BCUT2D eigenvalue weighted by Gasteiger charge is 2.45. The number of aromatic nitrogens is 3. The van der Waals surface area contributed by atoms with Gasteiger partial charge in [0, 0.05) is 25.5 Å². The highest BCUT2D eigenvalue weighted by Crippen LogP contribution is 2.44. The average molecular weight is 589 g/mol. The lowest BCUT2D eigenvalue weighted by Crippen LogP contribution is -2.41. The predicted molar refractivity (Wildman–Crippen MR) is 141 cm³/mol. The number of rotatable bonds is 8. The molecule has 12 heteroatoms. The average Bonchev–Trinajstić information content (AvgIpc) is 3.50. The van der Waals surface area contributed by atoms with Crippen LogP contribution in [0.2, 0.25) is 10.0 Å². The van der Waals surface area contributed by atoms with Crippen LogP contribution in [0, 0.1) is 10.8 Å². The Kier molecular flexibility index (Phi) is 8.57. The number of carboxylic acid groups (broad SMARTS) is 1. The summed E-state index contributed by atoms with van der Waals surface area (Å²) in [5.41, 5.74) is -2.19. The van der Waals surface area contributed by atoms with E-state index in [1.807, 2.05) is 0 Å². The standard InChI is InChI=1S/C27H33Cl2F3N4O3/c1-25(8-3-4-9-25)16-35(12-7-18-20(28)14-33-15-21(18)29)23(37)19-13-34-36(22(19)27(30,31)32)17-5-10-26(2,11-6-17)24(38)39/h13-15,17H,3-12,16H2,1-2H3,(H,38,39). The molecule has 2 aromatic rings. The van der Waals surface area contributed by atoms with Crippen molar-refractivity contribution in [3.63, 3.8) is 0 Å². The van der Waals surface area contributed by atoms with Gasteiger partial charge >= 0.3 is 12.1 Å². The maximum absolute atomic E-state index is 14.5. The van der Waals surface area contributed by atoms with Gasteiger partial charge in [-0.1, -0.05) is 43.0 Å². The number of alkyl halides is 3. The van der Waals surface area contributed by atoms with Crippen molar-refractivity contribution in [2.45, 2.75) is 83.9 Å². The summed E-state index contributed by atoms with van der Waals surface area (Å²) in [6.45, 7) is 4.09. The molecule has 0 radical (unpaired) electrons. The summed E-state index contributed by atoms with van der Waals surface area (Å²) in [4.78, 5) is 30.9. The Labute approximate surface area is 235 Å².